The van der Waals surface area contributed by atoms with Gasteiger partial charge in [-0.25, -0.2) is 0 Å². The Hall–Kier alpha value is -0.260. The van der Waals surface area contributed by atoms with Crippen molar-refractivity contribution in [3.8, 4) is 0 Å². The van der Waals surface area contributed by atoms with Crippen molar-refractivity contribution in [2.45, 2.75) is 0 Å². The number of benzene rings is 1. The molecule has 0 spiro atoms. The van der Waals surface area contributed by atoms with Gasteiger partial charge in [-0.05, 0) is 11.6 Å². The van der Waals surface area contributed by atoms with Crippen LogP contribution in [0.2, 0.25) is 0 Å². The summed E-state index contributed by atoms with van der Waals surface area (Å²) in [6, 6.07) is 9.99. The summed E-state index contributed by atoms with van der Waals surface area (Å²) in [5, 5.41) is 0. The van der Waals surface area contributed by atoms with E-state index in [4.69, 9.17) is 0 Å². The molecule has 0 amide bonds. The maximum absolute atomic E-state index is 3.48. The Bertz CT molecular complexity index is 225. The van der Waals surface area contributed by atoms with Gasteiger partial charge >= 0.3 is 29.6 Å². The van der Waals surface area contributed by atoms with E-state index in [1.165, 1.54) is 0 Å². The first-order valence-electron chi connectivity index (χ1n) is 2.84. The maximum Gasteiger partial charge on any atom is 1.00 e. The third-order valence-electron chi connectivity index (χ3n) is 1.07. The molecule has 0 saturated heterocycles. The summed E-state index contributed by atoms with van der Waals surface area (Å²) in [6.45, 7) is 3.48. The van der Waals surface area contributed by atoms with Crippen molar-refractivity contribution in [3.63, 3.8) is 0 Å². The molecule has 46 valence electrons. The zero-order valence-electron chi connectivity index (χ0n) is 7.17. The van der Waals surface area contributed by atoms with Crippen molar-refractivity contribution in [3.05, 3.63) is 48.2 Å². The fourth-order valence-electron chi connectivity index (χ4n) is 0.667. The van der Waals surface area contributed by atoms with Gasteiger partial charge in [-0.2, -0.15) is 0 Å². The van der Waals surface area contributed by atoms with Crippen LogP contribution in [0.15, 0.2) is 42.6 Å². The summed E-state index contributed by atoms with van der Waals surface area (Å²) < 4.78 is 0. The van der Waals surface area contributed by atoms with E-state index in [1.54, 1.807) is 0 Å². The molecule has 0 nitrogen and oxygen atoms in total. The molecule has 0 unspecified atom stereocenters. The Labute approximate surface area is 85.0 Å². The largest absolute Gasteiger partial charge is 1.00 e. The molecular formula is C9H9Na. The Morgan fingerprint density at radius 1 is 1.30 bits per heavy atom. The van der Waals surface area contributed by atoms with Crippen LogP contribution in [0.3, 0.4) is 0 Å². The van der Waals surface area contributed by atoms with Crippen molar-refractivity contribution >= 4 is 6.08 Å². The first-order chi connectivity index (χ1) is 4.43. The van der Waals surface area contributed by atoms with Crippen LogP contribution in [0.4, 0.5) is 0 Å². The van der Waals surface area contributed by atoms with Gasteiger partial charge in [0.2, 0.25) is 0 Å². The summed E-state index contributed by atoms with van der Waals surface area (Å²) >= 11 is 0. The van der Waals surface area contributed by atoms with Crippen molar-refractivity contribution in [1.29, 1.82) is 0 Å². The quantitative estimate of drug-likeness (QED) is 0.368. The van der Waals surface area contributed by atoms with Crippen molar-refractivity contribution in [1.82, 2.24) is 0 Å². The van der Waals surface area contributed by atoms with E-state index >= 15 is 0 Å². The molecule has 1 aromatic rings. The molecule has 1 rings (SSSR count). The van der Waals surface area contributed by atoms with Crippen LogP contribution in [-0.2, 0) is 0 Å². The van der Waals surface area contributed by atoms with Crippen LogP contribution in [-0.4, -0.2) is 0 Å². The smallest absolute Gasteiger partial charge is 1.00 e. The van der Waals surface area contributed by atoms with Crippen LogP contribution < -0.4 is 29.6 Å². The molecule has 0 aliphatic rings. The van der Waals surface area contributed by atoms with E-state index in [0.29, 0.717) is 0 Å². The molecule has 0 atom stereocenters. The SMILES string of the molecule is C=C=Cc1ccccc1.[H-].[Na+]. The Kier molecular flexibility index (Phi) is 5.38. The summed E-state index contributed by atoms with van der Waals surface area (Å²) in [5.41, 5.74) is 3.85. The monoisotopic (exact) mass is 140 g/mol. The summed E-state index contributed by atoms with van der Waals surface area (Å²) in [7, 11) is 0. The van der Waals surface area contributed by atoms with Crippen LogP contribution in [0.1, 0.15) is 6.99 Å². The number of rotatable bonds is 1. The molecule has 0 aromatic heterocycles. The minimum atomic E-state index is 0. The summed E-state index contributed by atoms with van der Waals surface area (Å²) in [5.74, 6) is 0. The normalized spacial score (nSPS) is 7.20. The zero-order valence-corrected chi connectivity index (χ0v) is 8.17. The van der Waals surface area contributed by atoms with E-state index in [-0.39, 0.29) is 31.0 Å². The predicted molar refractivity (Wildman–Crippen MR) is 41.2 cm³/mol. The second-order valence-electron chi connectivity index (χ2n) is 1.76. The molecule has 0 aliphatic heterocycles. The van der Waals surface area contributed by atoms with E-state index in [1.807, 2.05) is 36.4 Å². The Balaban J connectivity index is 0. The van der Waals surface area contributed by atoms with Gasteiger partial charge in [0.25, 0.3) is 0 Å². The summed E-state index contributed by atoms with van der Waals surface area (Å²) in [4.78, 5) is 0. The van der Waals surface area contributed by atoms with Crippen molar-refractivity contribution in [2.75, 3.05) is 0 Å². The van der Waals surface area contributed by atoms with Crippen LogP contribution >= 0.6 is 0 Å². The minimum Gasteiger partial charge on any atom is -1.00 e. The third-order valence-corrected chi connectivity index (χ3v) is 1.07. The predicted octanol–water partition coefficient (Wildman–Crippen LogP) is -0.399. The Morgan fingerprint density at radius 2 is 1.90 bits per heavy atom. The molecule has 0 heterocycles. The maximum atomic E-state index is 3.48. The molecule has 0 N–H and O–H groups in total. The molecular weight excluding hydrogens is 131 g/mol. The second kappa shape index (κ2) is 5.52. The molecule has 0 aliphatic carbocycles. The fourth-order valence-corrected chi connectivity index (χ4v) is 0.667. The van der Waals surface area contributed by atoms with Crippen molar-refractivity contribution in [2.24, 2.45) is 0 Å². The average Bonchev–Trinajstić information content (AvgIpc) is 1.91. The van der Waals surface area contributed by atoms with Crippen LogP contribution in [0.25, 0.3) is 6.08 Å². The molecule has 1 aromatic carbocycles. The fraction of sp³-hybridized carbons (Fsp3) is 0. The minimum absolute atomic E-state index is 0. The van der Waals surface area contributed by atoms with Gasteiger partial charge in [-0.3, -0.25) is 0 Å². The van der Waals surface area contributed by atoms with Gasteiger partial charge in [0.15, 0.2) is 0 Å². The second-order valence-corrected chi connectivity index (χ2v) is 1.76. The first kappa shape index (κ1) is 9.74. The molecule has 0 radical (unpaired) electrons. The topological polar surface area (TPSA) is 0 Å². The Morgan fingerprint density at radius 3 is 2.40 bits per heavy atom. The number of hydrogen-bond acceptors (Lipinski definition) is 0. The molecule has 0 bridgehead atoms. The first-order valence-corrected chi connectivity index (χ1v) is 2.84. The van der Waals surface area contributed by atoms with Gasteiger partial charge < -0.3 is 1.43 Å². The van der Waals surface area contributed by atoms with Gasteiger partial charge in [-0.15, -0.1) is 5.73 Å². The van der Waals surface area contributed by atoms with E-state index < -0.39 is 0 Å². The molecule has 10 heavy (non-hydrogen) atoms. The van der Waals surface area contributed by atoms with Crippen LogP contribution in [0.5, 0.6) is 0 Å². The van der Waals surface area contributed by atoms with Gasteiger partial charge in [0, 0.05) is 0 Å². The van der Waals surface area contributed by atoms with E-state index in [2.05, 4.69) is 12.3 Å². The van der Waals surface area contributed by atoms with E-state index in [0.717, 1.165) is 5.56 Å². The van der Waals surface area contributed by atoms with E-state index in [9.17, 15) is 0 Å². The molecule has 0 fully saturated rings. The summed E-state index contributed by atoms with van der Waals surface area (Å²) in [6.07, 6.45) is 1.85. The van der Waals surface area contributed by atoms with Crippen LogP contribution in [0, 0.1) is 0 Å². The van der Waals surface area contributed by atoms with Gasteiger partial charge in [0.1, 0.15) is 0 Å². The molecule has 1 heteroatoms. The van der Waals surface area contributed by atoms with Crippen molar-refractivity contribution < 1.29 is 31.0 Å². The average molecular weight is 140 g/mol. The zero-order chi connectivity index (χ0) is 6.53. The van der Waals surface area contributed by atoms with Gasteiger partial charge in [0.05, 0.1) is 0 Å². The number of hydrogen-bond donors (Lipinski definition) is 0. The molecule has 0 saturated carbocycles. The standard InChI is InChI=1S/C9H8.Na.H/c1-2-6-9-7-4-3-5-8-9;;/h3-8H,1H2;;/q;+1;-1. The third kappa shape index (κ3) is 3.05. The van der Waals surface area contributed by atoms with Gasteiger partial charge in [-0.1, -0.05) is 36.9 Å².